The van der Waals surface area contributed by atoms with Crippen molar-refractivity contribution < 1.29 is 9.53 Å². The van der Waals surface area contributed by atoms with Crippen LogP contribution in [-0.4, -0.2) is 27.6 Å². The average molecular weight is 462 g/mol. The van der Waals surface area contributed by atoms with Crippen LogP contribution in [0.2, 0.25) is 0 Å². The maximum Gasteiger partial charge on any atom is 0.264 e. The zero-order valence-electron chi connectivity index (χ0n) is 16.5. The third kappa shape index (κ3) is 4.64. The van der Waals surface area contributed by atoms with Gasteiger partial charge < -0.3 is 9.64 Å². The Morgan fingerprint density at radius 1 is 1.32 bits per heavy atom. The Kier molecular flexibility index (Phi) is 6.57. The summed E-state index contributed by atoms with van der Waals surface area (Å²) in [6, 6.07) is 8.08. The third-order valence-corrected chi connectivity index (χ3v) is 6.16. The molecule has 2 heterocycles. The van der Waals surface area contributed by atoms with E-state index in [-0.39, 0.29) is 5.91 Å². The van der Waals surface area contributed by atoms with E-state index < -0.39 is 0 Å². The second-order valence-electron chi connectivity index (χ2n) is 6.79. The molecule has 1 aromatic carbocycles. The van der Waals surface area contributed by atoms with Crippen LogP contribution in [0, 0.1) is 13.8 Å². The largest absolute Gasteiger partial charge is 0.489 e. The normalized spacial score (nSPS) is 10.9. The van der Waals surface area contributed by atoms with Crippen LogP contribution in [-0.2, 0) is 19.7 Å². The molecule has 5 nitrogen and oxygen atoms in total. The van der Waals surface area contributed by atoms with E-state index in [1.807, 2.05) is 50.0 Å². The molecule has 28 heavy (non-hydrogen) atoms. The first kappa shape index (κ1) is 20.6. The number of rotatable bonds is 7. The lowest BCUT2D eigenvalue weighted by Crippen LogP contribution is -2.27. The van der Waals surface area contributed by atoms with Gasteiger partial charge in [0.1, 0.15) is 12.4 Å². The van der Waals surface area contributed by atoms with Crippen molar-refractivity contribution in [2.45, 2.75) is 40.5 Å². The molecule has 0 fully saturated rings. The lowest BCUT2D eigenvalue weighted by atomic mass is 10.1. The number of halogens is 1. The number of benzene rings is 1. The van der Waals surface area contributed by atoms with Crippen LogP contribution in [0.15, 0.2) is 40.3 Å². The number of ether oxygens (including phenoxy) is 1. The highest BCUT2D eigenvalue weighted by molar-refractivity contribution is 9.10. The Hall–Kier alpha value is -2.12. The SMILES string of the molecule is CCn1ncc(Br)c1CN(C)C(=O)c1cc(COc2cc(C)ccc2C)cs1. The maximum atomic E-state index is 12.8. The molecule has 3 aromatic rings. The molecular weight excluding hydrogens is 438 g/mol. The minimum atomic E-state index is -0.00117. The smallest absolute Gasteiger partial charge is 0.264 e. The highest BCUT2D eigenvalue weighted by Crippen LogP contribution is 2.24. The fourth-order valence-corrected chi connectivity index (χ4v) is 4.20. The Bertz CT molecular complexity index is 980. The van der Waals surface area contributed by atoms with Gasteiger partial charge in [-0.1, -0.05) is 12.1 Å². The molecule has 3 rings (SSSR count). The fraction of sp³-hybridized carbons (Fsp3) is 0.333. The zero-order chi connectivity index (χ0) is 20.3. The highest BCUT2D eigenvalue weighted by Gasteiger charge is 2.18. The summed E-state index contributed by atoms with van der Waals surface area (Å²) in [6.07, 6.45) is 1.77. The molecule has 0 unspecified atom stereocenters. The zero-order valence-corrected chi connectivity index (χ0v) is 18.9. The number of hydrogen-bond donors (Lipinski definition) is 0. The Morgan fingerprint density at radius 3 is 2.86 bits per heavy atom. The van der Waals surface area contributed by atoms with Crippen molar-refractivity contribution in [2.75, 3.05) is 7.05 Å². The van der Waals surface area contributed by atoms with Gasteiger partial charge in [-0.05, 0) is 65.3 Å². The summed E-state index contributed by atoms with van der Waals surface area (Å²) in [5.41, 5.74) is 4.27. The van der Waals surface area contributed by atoms with Crippen LogP contribution in [0.25, 0.3) is 0 Å². The van der Waals surface area contributed by atoms with Gasteiger partial charge in [-0.25, -0.2) is 0 Å². The van der Waals surface area contributed by atoms with E-state index >= 15 is 0 Å². The first-order valence-electron chi connectivity index (χ1n) is 9.12. The Balaban J connectivity index is 1.64. The molecule has 7 heteroatoms. The van der Waals surface area contributed by atoms with E-state index in [4.69, 9.17) is 4.74 Å². The van der Waals surface area contributed by atoms with Gasteiger partial charge in [-0.2, -0.15) is 5.10 Å². The van der Waals surface area contributed by atoms with Crippen molar-refractivity contribution in [2.24, 2.45) is 0 Å². The van der Waals surface area contributed by atoms with Crippen LogP contribution in [0.1, 0.15) is 39.0 Å². The fourth-order valence-electron chi connectivity index (χ4n) is 2.89. The summed E-state index contributed by atoms with van der Waals surface area (Å²) in [7, 11) is 1.81. The molecule has 0 saturated carbocycles. The number of amides is 1. The summed E-state index contributed by atoms with van der Waals surface area (Å²) < 4.78 is 8.77. The molecule has 0 radical (unpaired) electrons. The van der Waals surface area contributed by atoms with Crippen molar-refractivity contribution >= 4 is 33.2 Å². The van der Waals surface area contributed by atoms with Crippen LogP contribution in [0.3, 0.4) is 0 Å². The van der Waals surface area contributed by atoms with Crippen LogP contribution < -0.4 is 4.74 Å². The van der Waals surface area contributed by atoms with Gasteiger partial charge in [0.15, 0.2) is 0 Å². The topological polar surface area (TPSA) is 47.4 Å². The Morgan fingerprint density at radius 2 is 2.11 bits per heavy atom. The van der Waals surface area contributed by atoms with Crippen LogP contribution in [0.4, 0.5) is 0 Å². The van der Waals surface area contributed by atoms with Gasteiger partial charge in [0.25, 0.3) is 5.91 Å². The van der Waals surface area contributed by atoms with E-state index in [0.717, 1.165) is 33.6 Å². The molecule has 0 aliphatic rings. The highest BCUT2D eigenvalue weighted by atomic mass is 79.9. The van der Waals surface area contributed by atoms with E-state index in [0.29, 0.717) is 18.0 Å². The number of aromatic nitrogens is 2. The predicted octanol–water partition coefficient (Wildman–Crippen LogP) is 5.20. The minimum absolute atomic E-state index is 0.00117. The quantitative estimate of drug-likeness (QED) is 0.485. The maximum absolute atomic E-state index is 12.8. The van der Waals surface area contributed by atoms with Crippen LogP contribution in [0.5, 0.6) is 5.75 Å². The monoisotopic (exact) mass is 461 g/mol. The van der Waals surface area contributed by atoms with Crippen molar-refractivity contribution in [1.29, 1.82) is 0 Å². The second kappa shape index (κ2) is 8.92. The molecule has 0 spiro atoms. The predicted molar refractivity (Wildman–Crippen MR) is 116 cm³/mol. The van der Waals surface area contributed by atoms with Crippen LogP contribution >= 0.6 is 27.3 Å². The van der Waals surface area contributed by atoms with Gasteiger partial charge in [0, 0.05) is 19.2 Å². The van der Waals surface area contributed by atoms with E-state index in [1.165, 1.54) is 16.9 Å². The molecule has 0 bridgehead atoms. The summed E-state index contributed by atoms with van der Waals surface area (Å²) in [6.45, 7) is 7.83. The van der Waals surface area contributed by atoms with Gasteiger partial charge in [0.05, 0.1) is 27.8 Å². The number of carbonyl (C=O) groups is 1. The van der Waals surface area contributed by atoms with Gasteiger partial charge >= 0.3 is 0 Å². The molecule has 0 aliphatic heterocycles. The third-order valence-electron chi connectivity index (χ3n) is 4.53. The number of thiophene rings is 1. The molecule has 0 N–H and O–H groups in total. The standard InChI is InChI=1S/C21H24BrN3O2S/c1-5-25-18(17(22)10-23-25)11-24(4)21(26)20-9-16(13-28-20)12-27-19-8-14(2)6-7-15(19)3/h6-10,13H,5,11-12H2,1-4H3. The lowest BCUT2D eigenvalue weighted by molar-refractivity contribution is 0.0786. The summed E-state index contributed by atoms with van der Waals surface area (Å²) >= 11 is 4.96. The van der Waals surface area contributed by atoms with Gasteiger partial charge in [0.2, 0.25) is 0 Å². The van der Waals surface area contributed by atoms with E-state index in [9.17, 15) is 4.79 Å². The van der Waals surface area contributed by atoms with Crippen molar-refractivity contribution in [1.82, 2.24) is 14.7 Å². The summed E-state index contributed by atoms with van der Waals surface area (Å²) in [5, 5.41) is 6.29. The summed E-state index contributed by atoms with van der Waals surface area (Å²) in [4.78, 5) is 15.2. The van der Waals surface area contributed by atoms with Crippen molar-refractivity contribution in [3.05, 3.63) is 67.6 Å². The van der Waals surface area contributed by atoms with E-state index in [1.54, 1.807) is 11.1 Å². The van der Waals surface area contributed by atoms with Gasteiger partial charge in [-0.15, -0.1) is 11.3 Å². The Labute approximate surface area is 178 Å². The molecule has 0 saturated heterocycles. The van der Waals surface area contributed by atoms with Crippen molar-refractivity contribution in [3.8, 4) is 5.75 Å². The molecule has 0 aliphatic carbocycles. The second-order valence-corrected chi connectivity index (χ2v) is 8.56. The first-order valence-corrected chi connectivity index (χ1v) is 10.8. The molecule has 1 amide bonds. The lowest BCUT2D eigenvalue weighted by Gasteiger charge is -2.17. The minimum Gasteiger partial charge on any atom is -0.489 e. The number of aryl methyl sites for hydroxylation is 3. The summed E-state index contributed by atoms with van der Waals surface area (Å²) in [5.74, 6) is 0.882. The number of carbonyl (C=O) groups excluding carboxylic acids is 1. The molecular formula is C21H24BrN3O2S. The van der Waals surface area contributed by atoms with Crippen molar-refractivity contribution in [3.63, 3.8) is 0 Å². The number of hydrogen-bond acceptors (Lipinski definition) is 4. The van der Waals surface area contributed by atoms with Gasteiger partial charge in [-0.3, -0.25) is 9.48 Å². The molecule has 0 atom stereocenters. The molecule has 2 aromatic heterocycles. The average Bonchev–Trinajstić information content (AvgIpc) is 3.29. The number of nitrogens with zero attached hydrogens (tertiary/aromatic N) is 3. The molecule has 148 valence electrons. The van der Waals surface area contributed by atoms with E-state index in [2.05, 4.69) is 33.2 Å². The first-order chi connectivity index (χ1) is 13.4.